The van der Waals surface area contributed by atoms with Gasteiger partial charge in [0.05, 0.1) is 4.90 Å². The summed E-state index contributed by atoms with van der Waals surface area (Å²) < 4.78 is 220. The fourth-order valence-electron chi connectivity index (χ4n) is 2.61. The van der Waals surface area contributed by atoms with Crippen molar-refractivity contribution in [3.8, 4) is 0 Å². The molecule has 0 amide bonds. The van der Waals surface area contributed by atoms with Crippen LogP contribution in [0.25, 0.3) is 0 Å². The summed E-state index contributed by atoms with van der Waals surface area (Å²) in [5.41, 5.74) is -1.54. The molecule has 0 aliphatic heterocycles. The molecule has 0 heterocycles. The van der Waals surface area contributed by atoms with E-state index in [1.165, 1.54) is 0 Å². The van der Waals surface area contributed by atoms with Gasteiger partial charge in [-0.2, -0.15) is 43.5 Å². The smallest absolute Gasteiger partial charge is 0.319 e. The maximum absolute atomic E-state index is 14.2. The van der Waals surface area contributed by atoms with E-state index < -0.39 is 85.5 Å². The van der Waals surface area contributed by atoms with Crippen molar-refractivity contribution in [1.29, 1.82) is 0 Å². The molecule has 0 spiro atoms. The van der Waals surface area contributed by atoms with Gasteiger partial charge >= 0.3 is 23.5 Å². The predicted octanol–water partition coefficient (Wildman–Crippen LogP) is 3.86. The number of sulfone groups is 2. The Kier molecular flexibility index (Phi) is 8.38. The number of ether oxygens (including phenoxy) is 1. The zero-order chi connectivity index (χ0) is 30.5. The molecular formula is C17H11F10NO8S3. The van der Waals surface area contributed by atoms with Crippen LogP contribution in [-0.4, -0.2) is 58.4 Å². The Bertz CT molecular complexity index is 1560. The van der Waals surface area contributed by atoms with E-state index in [1.54, 1.807) is 0 Å². The summed E-state index contributed by atoms with van der Waals surface area (Å²) >= 11 is 0. The van der Waals surface area contributed by atoms with Crippen LogP contribution in [0.15, 0.2) is 52.3 Å². The molecular weight excluding hydrogens is 632 g/mol. The normalized spacial score (nSPS) is 14.3. The van der Waals surface area contributed by atoms with Gasteiger partial charge in [-0.3, -0.25) is 4.55 Å². The first kappa shape index (κ1) is 32.5. The largest absolute Gasteiger partial charge is 0.445 e. The van der Waals surface area contributed by atoms with Crippen molar-refractivity contribution >= 4 is 35.5 Å². The lowest BCUT2D eigenvalue weighted by Gasteiger charge is -2.32. The molecule has 0 atom stereocenters. The Labute approximate surface area is 212 Å². The minimum atomic E-state index is -7.24. The number of nitrogens with one attached hydrogen (secondary N) is 1. The Morgan fingerprint density at radius 1 is 0.744 bits per heavy atom. The van der Waals surface area contributed by atoms with Crippen LogP contribution in [0.3, 0.4) is 0 Å². The fourth-order valence-corrected chi connectivity index (χ4v) is 7.68. The van der Waals surface area contributed by atoms with Gasteiger partial charge in [-0.05, 0) is 24.3 Å². The van der Waals surface area contributed by atoms with Crippen LogP contribution >= 0.6 is 0 Å². The number of benzene rings is 2. The number of rotatable bonds is 11. The summed E-state index contributed by atoms with van der Waals surface area (Å²) in [5.74, 6) is -3.28. The van der Waals surface area contributed by atoms with E-state index in [0.717, 1.165) is 6.07 Å². The molecule has 2 aromatic carbocycles. The van der Waals surface area contributed by atoms with Gasteiger partial charge in [-0.15, -0.1) is 0 Å². The van der Waals surface area contributed by atoms with E-state index >= 15 is 0 Å². The number of anilines is 1. The molecule has 0 fully saturated rings. The third kappa shape index (κ3) is 6.73. The molecule has 39 heavy (non-hydrogen) atoms. The van der Waals surface area contributed by atoms with Crippen LogP contribution in [0.4, 0.5) is 49.6 Å². The Morgan fingerprint density at radius 3 is 1.67 bits per heavy atom. The second-order valence-corrected chi connectivity index (χ2v) is 13.0. The summed E-state index contributed by atoms with van der Waals surface area (Å²) in [7, 11) is -18.6. The van der Waals surface area contributed by atoms with Crippen LogP contribution in [0.5, 0.6) is 0 Å². The SMILES string of the molecule is O=S(=O)(O)c1ccccc1S(=O)(=O)CS(=O)(=O)C(F)(F)C(F)(F)OC(F)(F)C(F)(F)Nc1cc(F)cc(F)c1. The molecule has 0 unspecified atom stereocenters. The van der Waals surface area contributed by atoms with Gasteiger partial charge in [0, 0.05) is 11.8 Å². The molecule has 0 saturated carbocycles. The third-order valence-electron chi connectivity index (χ3n) is 4.29. The second kappa shape index (κ2) is 10.1. The first-order valence-electron chi connectivity index (χ1n) is 9.23. The van der Waals surface area contributed by atoms with Gasteiger partial charge in [0.2, 0.25) is 9.84 Å². The third-order valence-corrected chi connectivity index (χ3v) is 9.86. The molecule has 22 heteroatoms. The van der Waals surface area contributed by atoms with Crippen LogP contribution in [0, 0.1) is 11.6 Å². The van der Waals surface area contributed by atoms with Crippen LogP contribution in [-0.2, 0) is 34.5 Å². The van der Waals surface area contributed by atoms with Gasteiger partial charge in [0.25, 0.3) is 10.1 Å². The Balaban J connectivity index is 2.43. The molecule has 0 aromatic heterocycles. The number of halogens is 10. The fraction of sp³-hybridized carbons (Fsp3) is 0.294. The molecule has 2 N–H and O–H groups in total. The minimum absolute atomic E-state index is 0.0560. The molecule has 0 aliphatic rings. The Hall–Kier alpha value is -2.69. The summed E-state index contributed by atoms with van der Waals surface area (Å²) in [6, 6.07) is -4.19. The van der Waals surface area contributed by atoms with Crippen LogP contribution in [0.2, 0.25) is 0 Å². The average molecular weight is 643 g/mol. The van der Waals surface area contributed by atoms with E-state index in [2.05, 4.69) is 4.74 Å². The van der Waals surface area contributed by atoms with Crippen molar-refractivity contribution in [3.05, 3.63) is 54.1 Å². The lowest BCUT2D eigenvalue weighted by Crippen LogP contribution is -2.58. The minimum Gasteiger partial charge on any atom is -0.319 e. The lowest BCUT2D eigenvalue weighted by atomic mass is 10.3. The lowest BCUT2D eigenvalue weighted by molar-refractivity contribution is -0.451. The molecule has 0 bridgehead atoms. The quantitative estimate of drug-likeness (QED) is 0.212. The van der Waals surface area contributed by atoms with E-state index in [9.17, 15) is 69.2 Å². The van der Waals surface area contributed by atoms with E-state index in [1.807, 2.05) is 0 Å². The summed E-state index contributed by atoms with van der Waals surface area (Å²) in [5, 5.41) is -9.79. The van der Waals surface area contributed by atoms with Crippen LogP contribution < -0.4 is 5.32 Å². The van der Waals surface area contributed by atoms with Crippen molar-refractivity contribution in [2.45, 2.75) is 33.3 Å². The van der Waals surface area contributed by atoms with E-state index in [0.29, 0.717) is 17.4 Å². The molecule has 9 nitrogen and oxygen atoms in total. The van der Waals surface area contributed by atoms with Crippen molar-refractivity contribution in [3.63, 3.8) is 0 Å². The highest BCUT2D eigenvalue weighted by molar-refractivity contribution is 8.08. The zero-order valence-electron chi connectivity index (χ0n) is 18.1. The molecule has 0 radical (unpaired) electrons. The average Bonchev–Trinajstić information content (AvgIpc) is 2.70. The maximum atomic E-state index is 14.2. The number of alkyl halides is 8. The molecule has 220 valence electrons. The summed E-state index contributed by atoms with van der Waals surface area (Å²) in [6.45, 7) is 0. The van der Waals surface area contributed by atoms with Gasteiger partial charge in [-0.25, -0.2) is 30.4 Å². The summed E-state index contributed by atoms with van der Waals surface area (Å²) in [6.07, 6.45) is -13.9. The highest BCUT2D eigenvalue weighted by atomic mass is 32.3. The molecule has 2 rings (SSSR count). The molecule has 0 aliphatic carbocycles. The standard InChI is InChI=1S/C17H11F10NO8S3/c18-9-5-10(19)7-11(6-9)28-14(20,21)15(22,23)36-16(24,25)17(26,27)38(31,32)8-37(29,30)12-3-1-2-4-13(12)39(33,34)35/h1-7,28H,8H2,(H,33,34,35). The number of hydrogen-bond acceptors (Lipinski definition) is 8. The van der Waals surface area contributed by atoms with E-state index in [-0.39, 0.29) is 24.3 Å². The van der Waals surface area contributed by atoms with Gasteiger partial charge in [-0.1, -0.05) is 12.1 Å². The van der Waals surface area contributed by atoms with Crippen molar-refractivity contribution in [2.24, 2.45) is 0 Å². The van der Waals surface area contributed by atoms with E-state index in [4.69, 9.17) is 4.55 Å². The first-order chi connectivity index (χ1) is 17.3. The van der Waals surface area contributed by atoms with Crippen molar-refractivity contribution in [2.75, 3.05) is 10.4 Å². The number of hydrogen-bond donors (Lipinski definition) is 2. The monoisotopic (exact) mass is 643 g/mol. The topological polar surface area (TPSA) is 144 Å². The highest BCUT2D eigenvalue weighted by Gasteiger charge is 2.74. The highest BCUT2D eigenvalue weighted by Crippen LogP contribution is 2.47. The summed E-state index contributed by atoms with van der Waals surface area (Å²) in [4.78, 5) is -3.28. The van der Waals surface area contributed by atoms with Crippen molar-refractivity contribution < 1.29 is 78.4 Å². The Morgan fingerprint density at radius 2 is 1.21 bits per heavy atom. The van der Waals surface area contributed by atoms with Crippen molar-refractivity contribution in [1.82, 2.24) is 0 Å². The first-order valence-corrected chi connectivity index (χ1v) is 14.0. The van der Waals surface area contributed by atoms with Gasteiger partial charge < -0.3 is 5.32 Å². The van der Waals surface area contributed by atoms with Gasteiger partial charge in [0.15, 0.2) is 14.9 Å². The predicted molar refractivity (Wildman–Crippen MR) is 108 cm³/mol. The molecule has 2 aromatic rings. The van der Waals surface area contributed by atoms with Gasteiger partial charge in [0.1, 0.15) is 16.5 Å². The molecule has 0 saturated heterocycles. The second-order valence-electron chi connectivity index (χ2n) is 7.28. The zero-order valence-corrected chi connectivity index (χ0v) is 20.5. The maximum Gasteiger partial charge on any atom is 0.445 e. The van der Waals surface area contributed by atoms with Crippen LogP contribution in [0.1, 0.15) is 0 Å².